The van der Waals surface area contributed by atoms with Crippen molar-refractivity contribution in [3.05, 3.63) is 35.9 Å². The minimum atomic E-state index is -0.827. The average Bonchev–Trinajstić information content (AvgIpc) is 2.62. The molecule has 1 aromatic rings. The van der Waals surface area contributed by atoms with Crippen molar-refractivity contribution in [1.82, 2.24) is 10.2 Å². The minimum Gasteiger partial charge on any atom is -0.465 e. The van der Waals surface area contributed by atoms with Crippen LogP contribution in [0.25, 0.3) is 0 Å². The molecule has 0 atom stereocenters. The molecule has 1 rings (SSSR count). The first-order valence-electron chi connectivity index (χ1n) is 8.51. The summed E-state index contributed by atoms with van der Waals surface area (Å²) in [6.45, 7) is 1.91. The number of rotatable bonds is 9. The van der Waals surface area contributed by atoms with Crippen LogP contribution in [0.1, 0.15) is 18.9 Å². The number of nitrogens with one attached hydrogen (secondary N) is 2. The number of alkyl carbamates (subject to hydrolysis) is 1. The first-order chi connectivity index (χ1) is 12.9. The van der Waals surface area contributed by atoms with E-state index < -0.39 is 12.1 Å². The van der Waals surface area contributed by atoms with Gasteiger partial charge in [0.15, 0.2) is 0 Å². The van der Waals surface area contributed by atoms with Gasteiger partial charge in [0, 0.05) is 13.5 Å². The molecule has 0 aliphatic carbocycles. The number of nitrogens with zero attached hydrogens (tertiary/aromatic N) is 1. The lowest BCUT2D eigenvalue weighted by Crippen LogP contribution is -2.44. The Kier molecular flexibility index (Phi) is 9.98. The van der Waals surface area contributed by atoms with Crippen molar-refractivity contribution in [3.63, 3.8) is 0 Å². The maximum atomic E-state index is 11.7. The molecule has 0 bridgehead atoms. The Morgan fingerprint density at radius 1 is 1.04 bits per heavy atom. The Labute approximate surface area is 158 Å². The van der Waals surface area contributed by atoms with Gasteiger partial charge in [0.05, 0.1) is 26.2 Å². The van der Waals surface area contributed by atoms with Gasteiger partial charge in [-0.05, 0) is 12.5 Å². The van der Waals surface area contributed by atoms with Crippen LogP contribution in [-0.2, 0) is 30.2 Å². The smallest absolute Gasteiger partial charge is 0.413 e. The van der Waals surface area contributed by atoms with Crippen LogP contribution < -0.4 is 5.32 Å². The number of amides is 1. The molecule has 0 heterocycles. The lowest BCUT2D eigenvalue weighted by Gasteiger charge is -2.18. The summed E-state index contributed by atoms with van der Waals surface area (Å²) in [5.41, 5.74) is 0.864. The number of likely N-dealkylation sites (N-methyl/N-ethyl adjacent to an activating group) is 1. The van der Waals surface area contributed by atoms with Crippen LogP contribution in [-0.4, -0.2) is 62.3 Å². The summed E-state index contributed by atoms with van der Waals surface area (Å²) in [5, 5.41) is 9.86. The standard InChI is InChI=1S/C18H25N3O6/c1-3-25-16(23)13-21(2)17(19)20-18(24)27-11-7-10-26-15(22)12-14-8-5-4-6-9-14/h4-6,8-9H,3,7,10-13H2,1-2H3,(H2,19,20,24). The van der Waals surface area contributed by atoms with E-state index >= 15 is 0 Å². The summed E-state index contributed by atoms with van der Waals surface area (Å²) in [6, 6.07) is 9.23. The Hall–Kier alpha value is -3.10. The van der Waals surface area contributed by atoms with Crippen LogP contribution in [0.5, 0.6) is 0 Å². The van der Waals surface area contributed by atoms with Crippen LogP contribution in [0.2, 0.25) is 0 Å². The van der Waals surface area contributed by atoms with Crippen molar-refractivity contribution in [2.24, 2.45) is 0 Å². The van der Waals surface area contributed by atoms with E-state index in [1.54, 1.807) is 6.92 Å². The number of guanidine groups is 1. The first-order valence-corrected chi connectivity index (χ1v) is 8.51. The number of carbonyl (C=O) groups is 3. The molecule has 0 aliphatic rings. The molecule has 0 unspecified atom stereocenters. The predicted molar refractivity (Wildman–Crippen MR) is 97.2 cm³/mol. The monoisotopic (exact) mass is 379 g/mol. The largest absolute Gasteiger partial charge is 0.465 e. The van der Waals surface area contributed by atoms with Gasteiger partial charge in [-0.2, -0.15) is 0 Å². The molecule has 0 fully saturated rings. The SMILES string of the molecule is CCOC(=O)CN(C)C(=N)NC(=O)OCCCOC(=O)Cc1ccccc1. The molecule has 27 heavy (non-hydrogen) atoms. The third-order valence-electron chi connectivity index (χ3n) is 3.25. The Morgan fingerprint density at radius 3 is 2.37 bits per heavy atom. The molecule has 0 radical (unpaired) electrons. The van der Waals surface area contributed by atoms with E-state index in [0.717, 1.165) is 5.56 Å². The van der Waals surface area contributed by atoms with E-state index in [1.807, 2.05) is 30.3 Å². The fourth-order valence-electron chi connectivity index (χ4n) is 1.93. The lowest BCUT2D eigenvalue weighted by atomic mass is 10.2. The molecular weight excluding hydrogens is 354 g/mol. The van der Waals surface area contributed by atoms with Crippen LogP contribution in [0.4, 0.5) is 4.79 Å². The summed E-state index contributed by atoms with van der Waals surface area (Å²) >= 11 is 0. The molecule has 9 nitrogen and oxygen atoms in total. The van der Waals surface area contributed by atoms with Crippen molar-refractivity contribution in [2.45, 2.75) is 19.8 Å². The molecule has 0 aliphatic heterocycles. The van der Waals surface area contributed by atoms with E-state index in [2.05, 4.69) is 5.32 Å². The second-order valence-corrected chi connectivity index (χ2v) is 5.51. The molecule has 148 valence electrons. The molecule has 0 saturated heterocycles. The Balaban J connectivity index is 2.13. The van der Waals surface area contributed by atoms with Gasteiger partial charge in [-0.1, -0.05) is 30.3 Å². The molecule has 2 N–H and O–H groups in total. The van der Waals surface area contributed by atoms with E-state index in [1.165, 1.54) is 11.9 Å². The summed E-state index contributed by atoms with van der Waals surface area (Å²) in [4.78, 5) is 35.8. The van der Waals surface area contributed by atoms with Gasteiger partial charge in [0.1, 0.15) is 6.54 Å². The summed E-state index contributed by atoms with van der Waals surface area (Å²) in [6.07, 6.45) is -0.308. The number of carbonyl (C=O) groups excluding carboxylic acids is 3. The zero-order valence-electron chi connectivity index (χ0n) is 15.5. The van der Waals surface area contributed by atoms with Gasteiger partial charge in [0.2, 0.25) is 5.96 Å². The van der Waals surface area contributed by atoms with Crippen molar-refractivity contribution in [2.75, 3.05) is 33.4 Å². The minimum absolute atomic E-state index is 0.0271. The lowest BCUT2D eigenvalue weighted by molar-refractivity contribution is -0.144. The highest BCUT2D eigenvalue weighted by atomic mass is 16.6. The fraction of sp³-hybridized carbons (Fsp3) is 0.444. The van der Waals surface area contributed by atoms with Crippen LogP contribution in [0.3, 0.4) is 0 Å². The Morgan fingerprint density at radius 2 is 1.70 bits per heavy atom. The number of ether oxygens (including phenoxy) is 3. The van der Waals surface area contributed by atoms with E-state index in [4.69, 9.17) is 19.6 Å². The van der Waals surface area contributed by atoms with Crippen LogP contribution in [0, 0.1) is 5.41 Å². The van der Waals surface area contributed by atoms with Gasteiger partial charge in [-0.25, -0.2) is 4.79 Å². The summed E-state index contributed by atoms with van der Waals surface area (Å²) < 4.78 is 14.7. The fourth-order valence-corrected chi connectivity index (χ4v) is 1.93. The molecule has 0 saturated carbocycles. The predicted octanol–water partition coefficient (Wildman–Crippen LogP) is 1.32. The first kappa shape index (κ1) is 21.9. The topological polar surface area (TPSA) is 118 Å². The number of benzene rings is 1. The second kappa shape index (κ2) is 12.3. The molecular formula is C18H25N3O6. The van der Waals surface area contributed by atoms with Crippen molar-refractivity contribution >= 4 is 24.0 Å². The zero-order valence-corrected chi connectivity index (χ0v) is 15.5. The number of hydrogen-bond acceptors (Lipinski definition) is 7. The van der Waals surface area contributed by atoms with Crippen LogP contribution in [0.15, 0.2) is 30.3 Å². The highest BCUT2D eigenvalue weighted by Crippen LogP contribution is 2.01. The average molecular weight is 379 g/mol. The van der Waals surface area contributed by atoms with Crippen molar-refractivity contribution < 1.29 is 28.6 Å². The maximum Gasteiger partial charge on any atom is 0.413 e. The summed E-state index contributed by atoms with van der Waals surface area (Å²) in [7, 11) is 1.46. The van der Waals surface area contributed by atoms with Crippen molar-refractivity contribution in [3.8, 4) is 0 Å². The number of esters is 2. The molecule has 0 spiro atoms. The molecule has 9 heteroatoms. The van der Waals surface area contributed by atoms with E-state index in [-0.39, 0.29) is 44.7 Å². The van der Waals surface area contributed by atoms with Gasteiger partial charge in [-0.15, -0.1) is 0 Å². The second-order valence-electron chi connectivity index (χ2n) is 5.51. The molecule has 0 aromatic heterocycles. The Bertz CT molecular complexity index is 635. The van der Waals surface area contributed by atoms with Gasteiger partial charge in [-0.3, -0.25) is 20.3 Å². The van der Waals surface area contributed by atoms with Crippen molar-refractivity contribution in [1.29, 1.82) is 5.41 Å². The third-order valence-corrected chi connectivity index (χ3v) is 3.25. The van der Waals surface area contributed by atoms with Gasteiger partial charge >= 0.3 is 18.0 Å². The van der Waals surface area contributed by atoms with Crippen LogP contribution >= 0.6 is 0 Å². The third kappa shape index (κ3) is 9.83. The molecule has 1 amide bonds. The van der Waals surface area contributed by atoms with Gasteiger partial charge < -0.3 is 19.1 Å². The normalized spacial score (nSPS) is 9.85. The van der Waals surface area contributed by atoms with E-state index in [9.17, 15) is 14.4 Å². The maximum absolute atomic E-state index is 11.7. The highest BCUT2D eigenvalue weighted by molar-refractivity contribution is 5.93. The summed E-state index contributed by atoms with van der Waals surface area (Å²) in [5.74, 6) is -1.15. The zero-order chi connectivity index (χ0) is 20.1. The van der Waals surface area contributed by atoms with Gasteiger partial charge in [0.25, 0.3) is 0 Å². The number of hydrogen-bond donors (Lipinski definition) is 2. The quantitative estimate of drug-likeness (QED) is 0.218. The highest BCUT2D eigenvalue weighted by Gasteiger charge is 2.13. The molecule has 1 aromatic carbocycles. The van der Waals surface area contributed by atoms with E-state index in [0.29, 0.717) is 6.42 Å².